The highest BCUT2D eigenvalue weighted by Crippen LogP contribution is 2.46. The molecule has 0 fully saturated rings. The quantitative estimate of drug-likeness (QED) is 0.668. The van der Waals surface area contributed by atoms with E-state index in [9.17, 15) is 18.0 Å². The predicted molar refractivity (Wildman–Crippen MR) is 108 cm³/mol. The number of fused-ring (bicyclic) bond motifs is 2. The number of pyridine rings is 1. The smallest absolute Gasteiger partial charge is 0.319 e. The molecule has 1 aliphatic heterocycles. The van der Waals surface area contributed by atoms with Crippen LogP contribution in [0.1, 0.15) is 23.7 Å². The van der Waals surface area contributed by atoms with Crippen LogP contribution in [0.2, 0.25) is 0 Å². The summed E-state index contributed by atoms with van der Waals surface area (Å²) in [5.74, 6) is -0.440. The van der Waals surface area contributed by atoms with Gasteiger partial charge in [0.15, 0.2) is 5.60 Å². The number of aromatic nitrogens is 1. The molecule has 3 aromatic rings. The van der Waals surface area contributed by atoms with Crippen LogP contribution in [0.5, 0.6) is 5.75 Å². The molecule has 0 saturated heterocycles. The van der Waals surface area contributed by atoms with Gasteiger partial charge < -0.3 is 10.5 Å². The van der Waals surface area contributed by atoms with Crippen molar-refractivity contribution in [3.05, 3.63) is 65.7 Å². The van der Waals surface area contributed by atoms with E-state index < -0.39 is 36.8 Å². The van der Waals surface area contributed by atoms with Crippen LogP contribution in [0.15, 0.2) is 48.7 Å². The van der Waals surface area contributed by atoms with Crippen molar-refractivity contribution in [3.8, 4) is 5.75 Å². The maximum Gasteiger partial charge on any atom is 0.319 e. The van der Waals surface area contributed by atoms with Gasteiger partial charge in [-0.15, -0.1) is 0 Å². The number of rotatable bonds is 4. The molecule has 1 atom stereocenters. The van der Waals surface area contributed by atoms with Crippen molar-refractivity contribution in [1.82, 2.24) is 4.98 Å². The second-order valence-electron chi connectivity index (χ2n) is 7.49. The van der Waals surface area contributed by atoms with Crippen molar-refractivity contribution < 1.29 is 22.7 Å². The molecule has 0 bridgehead atoms. The van der Waals surface area contributed by atoms with Gasteiger partial charge >= 0.3 is 6.03 Å². The fourth-order valence-electron chi connectivity index (χ4n) is 3.95. The number of aryl methyl sites for hydroxylation is 1. The largest absolute Gasteiger partial charge is 0.481 e. The van der Waals surface area contributed by atoms with E-state index in [0.29, 0.717) is 16.6 Å². The van der Waals surface area contributed by atoms with Crippen LogP contribution >= 0.6 is 0 Å². The normalized spacial score (nSPS) is 17.3. The van der Waals surface area contributed by atoms with E-state index in [1.807, 2.05) is 6.07 Å². The minimum Gasteiger partial charge on any atom is -0.481 e. The first-order valence-electron chi connectivity index (χ1n) is 9.42. The first-order valence-corrected chi connectivity index (χ1v) is 9.42. The molecule has 0 radical (unpaired) electrons. The number of carbonyl (C=O) groups excluding carboxylic acids is 1. The first kappa shape index (κ1) is 20.0. The number of ether oxygens (including phenoxy) is 1. The Bertz CT molecular complexity index is 1120. The van der Waals surface area contributed by atoms with Crippen LogP contribution in [0.25, 0.3) is 10.8 Å². The Morgan fingerprint density at radius 2 is 2.03 bits per heavy atom. The summed E-state index contributed by atoms with van der Waals surface area (Å²) in [6.45, 7) is -0.412. The highest BCUT2D eigenvalue weighted by atomic mass is 19.1. The molecular weight excluding hydrogens is 395 g/mol. The number of halogens is 3. The third-order valence-electron chi connectivity index (χ3n) is 5.40. The molecule has 4 rings (SSSR count). The van der Waals surface area contributed by atoms with Gasteiger partial charge in [0.25, 0.3) is 0 Å². The molecule has 2 amide bonds. The van der Waals surface area contributed by atoms with E-state index in [1.165, 1.54) is 17.0 Å². The fraction of sp³-hybridized carbons (Fsp3) is 0.273. The zero-order valence-corrected chi connectivity index (χ0v) is 16.2. The summed E-state index contributed by atoms with van der Waals surface area (Å²) in [6, 6.07) is 8.95. The van der Waals surface area contributed by atoms with Crippen molar-refractivity contribution in [3.63, 3.8) is 0 Å². The zero-order valence-electron chi connectivity index (χ0n) is 16.2. The Morgan fingerprint density at radius 3 is 2.73 bits per heavy atom. The third kappa shape index (κ3) is 3.32. The Hall–Kier alpha value is -3.29. The Morgan fingerprint density at radius 1 is 1.27 bits per heavy atom. The van der Waals surface area contributed by atoms with Crippen molar-refractivity contribution in [2.45, 2.75) is 25.0 Å². The summed E-state index contributed by atoms with van der Waals surface area (Å²) in [5, 5.41) is 1.46. The topological polar surface area (TPSA) is 68.5 Å². The van der Waals surface area contributed by atoms with Crippen LogP contribution in [-0.4, -0.2) is 30.0 Å². The van der Waals surface area contributed by atoms with E-state index in [-0.39, 0.29) is 12.2 Å². The number of benzene rings is 2. The number of hydrogen-bond donors (Lipinski definition) is 1. The summed E-state index contributed by atoms with van der Waals surface area (Å²) in [7, 11) is 0. The summed E-state index contributed by atoms with van der Waals surface area (Å²) in [6.07, 6.45) is 1.44. The number of nitrogens with zero attached hydrogens (tertiary/aromatic N) is 2. The van der Waals surface area contributed by atoms with Gasteiger partial charge in [-0.25, -0.2) is 18.0 Å². The number of carbonyl (C=O) groups is 1. The average molecular weight is 415 g/mol. The van der Waals surface area contributed by atoms with Crippen molar-refractivity contribution in [1.29, 1.82) is 0 Å². The Balaban J connectivity index is 1.94. The van der Waals surface area contributed by atoms with E-state index >= 15 is 0 Å². The molecule has 2 heterocycles. The van der Waals surface area contributed by atoms with Crippen molar-refractivity contribution in [2.24, 2.45) is 5.73 Å². The van der Waals surface area contributed by atoms with Gasteiger partial charge in [-0.3, -0.25) is 9.88 Å². The second-order valence-corrected chi connectivity index (χ2v) is 7.49. The van der Waals surface area contributed by atoms with E-state index in [4.69, 9.17) is 10.5 Å². The van der Waals surface area contributed by atoms with E-state index in [2.05, 4.69) is 4.98 Å². The summed E-state index contributed by atoms with van der Waals surface area (Å²) in [5.41, 5.74) is 5.42. The van der Waals surface area contributed by atoms with Crippen molar-refractivity contribution in [2.75, 3.05) is 18.2 Å². The second kappa shape index (κ2) is 7.51. The molecule has 156 valence electrons. The van der Waals surface area contributed by atoms with Gasteiger partial charge in [-0.1, -0.05) is 12.1 Å². The van der Waals surface area contributed by atoms with Gasteiger partial charge in [0.05, 0.1) is 11.7 Å². The molecule has 1 aliphatic rings. The lowest BCUT2D eigenvalue weighted by Gasteiger charge is -2.43. The molecule has 0 aliphatic carbocycles. The van der Waals surface area contributed by atoms with Gasteiger partial charge in [0.1, 0.15) is 24.9 Å². The molecule has 2 N–H and O–H groups in total. The predicted octanol–water partition coefficient (Wildman–Crippen LogP) is 4.77. The lowest BCUT2D eigenvalue weighted by Crippen LogP contribution is -2.51. The number of primary amides is 1. The lowest BCUT2D eigenvalue weighted by atomic mass is 9.87. The molecule has 30 heavy (non-hydrogen) atoms. The number of hydrogen-bond acceptors (Lipinski definition) is 3. The molecule has 0 saturated carbocycles. The zero-order chi connectivity index (χ0) is 21.5. The minimum atomic E-state index is -1.79. The molecule has 0 spiro atoms. The monoisotopic (exact) mass is 415 g/mol. The highest BCUT2D eigenvalue weighted by Gasteiger charge is 2.45. The molecule has 0 unspecified atom stereocenters. The van der Waals surface area contributed by atoms with Crippen LogP contribution in [0, 0.1) is 12.7 Å². The average Bonchev–Trinajstić information content (AvgIpc) is 2.74. The van der Waals surface area contributed by atoms with Crippen molar-refractivity contribution >= 4 is 22.5 Å². The van der Waals surface area contributed by atoms with Gasteiger partial charge in [0.2, 0.25) is 0 Å². The number of amides is 2. The number of alkyl halides is 2. The molecule has 5 nitrogen and oxygen atoms in total. The van der Waals surface area contributed by atoms with E-state index in [1.54, 1.807) is 31.3 Å². The SMILES string of the molecule is Cc1cc2c(N(C(N)=O)[C@@H]3CC(CF)(CF)Oc4ccc(F)cc43)cccc2cn1. The van der Waals surface area contributed by atoms with E-state index in [0.717, 1.165) is 17.1 Å². The number of urea groups is 1. The highest BCUT2D eigenvalue weighted by molar-refractivity contribution is 6.03. The lowest BCUT2D eigenvalue weighted by molar-refractivity contribution is -0.00799. The number of nitrogens with two attached hydrogens (primary N) is 1. The maximum absolute atomic E-state index is 14.1. The third-order valence-corrected chi connectivity index (χ3v) is 5.40. The Kier molecular flexibility index (Phi) is 5.01. The molecular formula is C22H20F3N3O2. The summed E-state index contributed by atoms with van der Waals surface area (Å²) in [4.78, 5) is 18.1. The van der Waals surface area contributed by atoms with Crippen LogP contribution in [0.4, 0.5) is 23.7 Å². The fourth-order valence-corrected chi connectivity index (χ4v) is 3.95. The molecule has 2 aromatic carbocycles. The maximum atomic E-state index is 14.1. The molecule has 8 heteroatoms. The molecule has 1 aromatic heterocycles. The van der Waals surface area contributed by atoms with Gasteiger partial charge in [0, 0.05) is 34.6 Å². The Labute approximate surface area is 171 Å². The van der Waals surface area contributed by atoms with Gasteiger partial charge in [-0.2, -0.15) is 0 Å². The van der Waals surface area contributed by atoms with Crippen LogP contribution < -0.4 is 15.4 Å². The number of anilines is 1. The van der Waals surface area contributed by atoms with Crippen LogP contribution in [-0.2, 0) is 0 Å². The standard InChI is InChI=1S/C22H20F3N3O2/c1-13-7-16-14(10-27-13)3-2-4-18(16)28(21(26)29)19-9-22(11-23,12-24)30-20-6-5-15(25)8-17(19)20/h2-8,10,19H,9,11-12H2,1H3,(H2,26,29)/t19-/m1/s1. The van der Waals surface area contributed by atoms with Gasteiger partial charge in [-0.05, 0) is 37.3 Å². The minimum absolute atomic E-state index is 0.118. The summed E-state index contributed by atoms with van der Waals surface area (Å²) < 4.78 is 47.4. The summed E-state index contributed by atoms with van der Waals surface area (Å²) >= 11 is 0. The van der Waals surface area contributed by atoms with Crippen LogP contribution in [0.3, 0.4) is 0 Å². The first-order chi connectivity index (χ1) is 14.4.